The number of carbonyl (C=O) groups is 1. The van der Waals surface area contributed by atoms with Gasteiger partial charge in [0.25, 0.3) is 0 Å². The molecule has 5 heteroatoms. The van der Waals surface area contributed by atoms with Gasteiger partial charge in [0, 0.05) is 6.54 Å². The molecule has 0 radical (unpaired) electrons. The maximum atomic E-state index is 11.0. The van der Waals surface area contributed by atoms with Crippen LogP contribution in [0.15, 0.2) is 0 Å². The Kier molecular flexibility index (Phi) is 3.98. The first-order chi connectivity index (χ1) is 6.27. The van der Waals surface area contributed by atoms with Gasteiger partial charge >= 0.3 is 6.09 Å². The first-order valence-electron chi connectivity index (χ1n) is 4.58. The number of hydrazine groups is 1. The number of aliphatic hydroxyl groups excluding tert-OH is 1. The van der Waals surface area contributed by atoms with Crippen molar-refractivity contribution < 1.29 is 14.6 Å². The molecule has 1 atom stereocenters. The maximum Gasteiger partial charge on any atom is 0.421 e. The molecule has 1 aliphatic heterocycles. The number of ether oxygens (including phenoxy) is 1. The number of hydrogen-bond acceptors (Lipinski definition) is 4. The van der Waals surface area contributed by atoms with Crippen molar-refractivity contribution in [1.82, 2.24) is 10.4 Å². The van der Waals surface area contributed by atoms with E-state index in [0.29, 0.717) is 6.61 Å². The summed E-state index contributed by atoms with van der Waals surface area (Å²) in [4.78, 5) is 11.0. The van der Waals surface area contributed by atoms with Gasteiger partial charge in [-0.05, 0) is 19.8 Å². The molecule has 0 aliphatic carbocycles. The second-order valence-corrected chi connectivity index (χ2v) is 3.00. The zero-order chi connectivity index (χ0) is 9.68. The van der Waals surface area contributed by atoms with Crippen molar-refractivity contribution in [2.75, 3.05) is 19.8 Å². The third kappa shape index (κ3) is 2.86. The largest absolute Gasteiger partial charge is 0.449 e. The fourth-order valence-electron chi connectivity index (χ4n) is 1.45. The quantitative estimate of drug-likeness (QED) is 0.659. The Morgan fingerprint density at radius 3 is 3.15 bits per heavy atom. The Bertz CT molecular complexity index is 175. The van der Waals surface area contributed by atoms with Gasteiger partial charge in [0.1, 0.15) is 0 Å². The van der Waals surface area contributed by atoms with E-state index in [-0.39, 0.29) is 12.6 Å². The second kappa shape index (κ2) is 5.04. The van der Waals surface area contributed by atoms with Crippen LogP contribution in [0.25, 0.3) is 0 Å². The van der Waals surface area contributed by atoms with Crippen molar-refractivity contribution in [1.29, 1.82) is 0 Å². The van der Waals surface area contributed by atoms with Crippen LogP contribution in [0.1, 0.15) is 19.8 Å². The molecule has 13 heavy (non-hydrogen) atoms. The van der Waals surface area contributed by atoms with E-state index in [1.165, 1.54) is 0 Å². The highest BCUT2D eigenvalue weighted by molar-refractivity contribution is 5.66. The van der Waals surface area contributed by atoms with Crippen LogP contribution >= 0.6 is 0 Å². The van der Waals surface area contributed by atoms with Gasteiger partial charge in [-0.2, -0.15) is 0 Å². The number of aliphatic hydroxyl groups is 1. The van der Waals surface area contributed by atoms with Crippen LogP contribution in [0.4, 0.5) is 4.79 Å². The number of nitrogens with one attached hydrogen (secondary N) is 1. The molecular weight excluding hydrogens is 172 g/mol. The fraction of sp³-hybridized carbons (Fsp3) is 0.875. The predicted octanol–water partition coefficient (Wildman–Crippen LogP) is 0.104. The molecule has 0 aromatic carbocycles. The van der Waals surface area contributed by atoms with E-state index in [1.807, 2.05) is 0 Å². The summed E-state index contributed by atoms with van der Waals surface area (Å²) in [6.07, 6.45) is 1.48. The number of carbonyl (C=O) groups excluding carboxylic acids is 1. The Labute approximate surface area is 77.6 Å². The molecule has 1 aliphatic rings. The van der Waals surface area contributed by atoms with Crippen molar-refractivity contribution in [3.63, 3.8) is 0 Å². The highest BCUT2D eigenvalue weighted by Gasteiger charge is 2.25. The van der Waals surface area contributed by atoms with Gasteiger partial charge in [0.15, 0.2) is 0 Å². The first-order valence-corrected chi connectivity index (χ1v) is 4.58. The van der Waals surface area contributed by atoms with E-state index in [4.69, 9.17) is 9.84 Å². The topological polar surface area (TPSA) is 61.8 Å². The molecule has 0 saturated carbocycles. The number of amides is 1. The van der Waals surface area contributed by atoms with Crippen LogP contribution in [0.3, 0.4) is 0 Å². The van der Waals surface area contributed by atoms with Crippen LogP contribution < -0.4 is 5.43 Å². The van der Waals surface area contributed by atoms with Crippen molar-refractivity contribution in [3.05, 3.63) is 0 Å². The summed E-state index contributed by atoms with van der Waals surface area (Å²) in [7, 11) is 0. The summed E-state index contributed by atoms with van der Waals surface area (Å²) in [5.41, 5.74) is 2.59. The zero-order valence-electron chi connectivity index (χ0n) is 7.82. The molecule has 2 N–H and O–H groups in total. The lowest BCUT2D eigenvalue weighted by Gasteiger charge is -2.22. The van der Waals surface area contributed by atoms with E-state index < -0.39 is 6.09 Å². The van der Waals surface area contributed by atoms with Crippen LogP contribution in [-0.2, 0) is 4.74 Å². The minimum atomic E-state index is -0.442. The molecule has 1 amide bonds. The smallest absolute Gasteiger partial charge is 0.421 e. The van der Waals surface area contributed by atoms with Gasteiger partial charge in [-0.15, -0.1) is 0 Å². The number of rotatable bonds is 3. The average Bonchev–Trinajstić information content (AvgIpc) is 2.52. The minimum absolute atomic E-state index is 0.0457. The molecule has 1 rings (SSSR count). The van der Waals surface area contributed by atoms with Crippen LogP contribution in [0, 0.1) is 0 Å². The van der Waals surface area contributed by atoms with Gasteiger partial charge in [0.2, 0.25) is 0 Å². The van der Waals surface area contributed by atoms with Crippen molar-refractivity contribution in [2.24, 2.45) is 0 Å². The molecule has 1 heterocycles. The highest BCUT2D eigenvalue weighted by Crippen LogP contribution is 2.13. The molecule has 1 saturated heterocycles. The summed E-state index contributed by atoms with van der Waals surface area (Å²) in [6.45, 7) is 2.98. The van der Waals surface area contributed by atoms with Crippen molar-refractivity contribution >= 4 is 6.09 Å². The normalized spacial score (nSPS) is 23.1. The molecule has 76 valence electrons. The monoisotopic (exact) mass is 188 g/mol. The minimum Gasteiger partial charge on any atom is -0.449 e. The lowest BCUT2D eigenvalue weighted by Crippen LogP contribution is -2.46. The average molecular weight is 188 g/mol. The number of nitrogens with zero attached hydrogens (tertiary/aromatic N) is 1. The van der Waals surface area contributed by atoms with Crippen molar-refractivity contribution in [2.45, 2.75) is 25.8 Å². The predicted molar refractivity (Wildman–Crippen MR) is 47.0 cm³/mol. The van der Waals surface area contributed by atoms with E-state index in [0.717, 1.165) is 19.4 Å². The third-order valence-electron chi connectivity index (χ3n) is 2.10. The third-order valence-corrected chi connectivity index (χ3v) is 2.10. The summed E-state index contributed by atoms with van der Waals surface area (Å²) >= 11 is 0. The summed E-state index contributed by atoms with van der Waals surface area (Å²) in [5, 5.41) is 10.7. The van der Waals surface area contributed by atoms with Crippen LogP contribution in [0.2, 0.25) is 0 Å². The van der Waals surface area contributed by atoms with Gasteiger partial charge in [-0.25, -0.2) is 9.80 Å². The molecule has 0 aromatic heterocycles. The summed E-state index contributed by atoms with van der Waals surface area (Å²) in [6, 6.07) is 0.0457. The maximum absolute atomic E-state index is 11.0. The molecule has 0 aromatic rings. The molecular formula is C8H16N2O3. The Morgan fingerprint density at radius 2 is 2.54 bits per heavy atom. The van der Waals surface area contributed by atoms with Crippen LogP contribution in [-0.4, -0.2) is 42.0 Å². The Morgan fingerprint density at radius 1 is 1.77 bits per heavy atom. The summed E-state index contributed by atoms with van der Waals surface area (Å²) < 4.78 is 4.72. The Hall–Kier alpha value is -0.810. The second-order valence-electron chi connectivity index (χ2n) is 3.00. The molecule has 1 fully saturated rings. The van der Waals surface area contributed by atoms with E-state index in [1.54, 1.807) is 11.9 Å². The standard InChI is InChI=1S/C8H16N2O3/c1-2-13-8(12)9-10-5-3-4-7(10)6-11/h7,11H,2-6H2,1H3,(H,9,12)/t7-/m1/s1. The lowest BCUT2D eigenvalue weighted by molar-refractivity contribution is 0.0836. The first kappa shape index (κ1) is 10.3. The molecule has 0 bridgehead atoms. The lowest BCUT2D eigenvalue weighted by atomic mass is 10.2. The van der Waals surface area contributed by atoms with E-state index in [2.05, 4.69) is 5.43 Å². The zero-order valence-corrected chi connectivity index (χ0v) is 7.82. The highest BCUT2D eigenvalue weighted by atomic mass is 16.6. The fourth-order valence-corrected chi connectivity index (χ4v) is 1.45. The van der Waals surface area contributed by atoms with Crippen LogP contribution in [0.5, 0.6) is 0 Å². The van der Waals surface area contributed by atoms with Gasteiger partial charge in [-0.1, -0.05) is 0 Å². The van der Waals surface area contributed by atoms with Gasteiger partial charge < -0.3 is 9.84 Å². The van der Waals surface area contributed by atoms with E-state index >= 15 is 0 Å². The Balaban J connectivity index is 2.30. The van der Waals surface area contributed by atoms with Gasteiger partial charge in [-0.3, -0.25) is 5.43 Å². The molecule has 0 unspecified atom stereocenters. The molecule has 0 spiro atoms. The molecule has 5 nitrogen and oxygen atoms in total. The summed E-state index contributed by atoms with van der Waals surface area (Å²) in [5.74, 6) is 0. The van der Waals surface area contributed by atoms with E-state index in [9.17, 15) is 4.79 Å². The van der Waals surface area contributed by atoms with Crippen molar-refractivity contribution in [3.8, 4) is 0 Å². The van der Waals surface area contributed by atoms with Gasteiger partial charge in [0.05, 0.1) is 19.3 Å². The number of hydrogen-bond donors (Lipinski definition) is 2. The SMILES string of the molecule is CCOC(=O)NN1CCC[C@@H]1CO.